The van der Waals surface area contributed by atoms with Crippen LogP contribution < -0.4 is 15.0 Å². The highest BCUT2D eigenvalue weighted by Gasteiger charge is 2.23. The first-order chi connectivity index (χ1) is 8.22. The Bertz CT molecular complexity index is 367. The number of piperidine rings is 1. The lowest BCUT2D eigenvalue weighted by Crippen LogP contribution is -2.45. The summed E-state index contributed by atoms with van der Waals surface area (Å²) in [6.45, 7) is 3.35. The fourth-order valence-electron chi connectivity index (χ4n) is 2.58. The molecule has 1 aromatic rings. The molecule has 2 unspecified atom stereocenters. The highest BCUT2D eigenvalue weighted by atomic mass is 16.5. The normalized spacial score (nSPS) is 24.4. The molecule has 2 rings (SSSR count). The zero-order valence-corrected chi connectivity index (χ0v) is 10.9. The first-order valence-electron chi connectivity index (χ1n) is 6.31. The summed E-state index contributed by atoms with van der Waals surface area (Å²) in [4.78, 5) is 2.36. The molecule has 1 N–H and O–H groups in total. The molecule has 0 bridgehead atoms. The first kappa shape index (κ1) is 12.2. The van der Waals surface area contributed by atoms with Crippen molar-refractivity contribution in [1.82, 2.24) is 5.32 Å². The van der Waals surface area contributed by atoms with Crippen molar-refractivity contribution in [3.63, 3.8) is 0 Å². The van der Waals surface area contributed by atoms with Gasteiger partial charge in [-0.1, -0.05) is 12.1 Å². The molecule has 1 fully saturated rings. The van der Waals surface area contributed by atoms with Crippen LogP contribution in [0.15, 0.2) is 24.3 Å². The number of ether oxygens (including phenoxy) is 1. The van der Waals surface area contributed by atoms with Gasteiger partial charge in [0.15, 0.2) is 0 Å². The number of methoxy groups -OCH3 is 1. The Balaban J connectivity index is 2.15. The van der Waals surface area contributed by atoms with Crippen molar-refractivity contribution in [3.8, 4) is 5.75 Å². The van der Waals surface area contributed by atoms with Gasteiger partial charge in [0, 0.05) is 19.1 Å². The lowest BCUT2D eigenvalue weighted by Gasteiger charge is -2.36. The van der Waals surface area contributed by atoms with Crippen molar-refractivity contribution in [2.75, 3.05) is 25.6 Å². The smallest absolute Gasteiger partial charge is 0.142 e. The van der Waals surface area contributed by atoms with Gasteiger partial charge in [0.2, 0.25) is 0 Å². The molecule has 0 saturated carbocycles. The standard InChI is InChI=1S/C14H22N2O/c1-11-10-12(8-9-15-11)16(2)13-6-4-5-7-14(13)17-3/h4-7,11-12,15H,8-10H2,1-3H3. The number of nitrogens with zero attached hydrogens (tertiary/aromatic N) is 1. The van der Waals surface area contributed by atoms with Crippen LogP contribution >= 0.6 is 0 Å². The molecule has 1 heterocycles. The lowest BCUT2D eigenvalue weighted by atomic mass is 9.99. The van der Waals surface area contributed by atoms with Crippen molar-refractivity contribution < 1.29 is 4.74 Å². The van der Waals surface area contributed by atoms with Gasteiger partial charge in [0.1, 0.15) is 5.75 Å². The lowest BCUT2D eigenvalue weighted by molar-refractivity contribution is 0.366. The molecular formula is C14H22N2O. The first-order valence-corrected chi connectivity index (χ1v) is 6.31. The highest BCUT2D eigenvalue weighted by Crippen LogP contribution is 2.30. The number of nitrogens with one attached hydrogen (secondary N) is 1. The Morgan fingerprint density at radius 1 is 1.35 bits per heavy atom. The number of hydrogen-bond donors (Lipinski definition) is 1. The highest BCUT2D eigenvalue weighted by molar-refractivity contribution is 5.58. The van der Waals surface area contributed by atoms with E-state index in [1.54, 1.807) is 7.11 Å². The third kappa shape index (κ3) is 2.72. The van der Waals surface area contributed by atoms with Gasteiger partial charge in [-0.25, -0.2) is 0 Å². The molecule has 3 nitrogen and oxygen atoms in total. The number of anilines is 1. The van der Waals surface area contributed by atoms with E-state index >= 15 is 0 Å². The second kappa shape index (κ2) is 5.41. The maximum absolute atomic E-state index is 5.43. The summed E-state index contributed by atoms with van der Waals surface area (Å²) < 4.78 is 5.43. The van der Waals surface area contributed by atoms with Crippen molar-refractivity contribution in [2.45, 2.75) is 31.8 Å². The predicted octanol–water partition coefficient (Wildman–Crippen LogP) is 2.27. The molecule has 0 radical (unpaired) electrons. The Hall–Kier alpha value is -1.22. The Morgan fingerprint density at radius 3 is 2.82 bits per heavy atom. The van der Waals surface area contributed by atoms with Gasteiger partial charge < -0.3 is 15.0 Å². The van der Waals surface area contributed by atoms with E-state index in [1.165, 1.54) is 18.5 Å². The molecule has 2 atom stereocenters. The monoisotopic (exact) mass is 234 g/mol. The van der Waals surface area contributed by atoms with Gasteiger partial charge >= 0.3 is 0 Å². The molecular weight excluding hydrogens is 212 g/mol. The molecule has 0 spiro atoms. The van der Waals surface area contributed by atoms with E-state index in [-0.39, 0.29) is 0 Å². The summed E-state index contributed by atoms with van der Waals surface area (Å²) in [5.74, 6) is 0.959. The minimum absolute atomic E-state index is 0.600. The second-order valence-corrected chi connectivity index (χ2v) is 4.82. The van der Waals surface area contributed by atoms with E-state index < -0.39 is 0 Å². The predicted molar refractivity (Wildman–Crippen MR) is 71.9 cm³/mol. The van der Waals surface area contributed by atoms with E-state index in [9.17, 15) is 0 Å². The number of rotatable bonds is 3. The molecule has 0 aliphatic carbocycles. The summed E-state index contributed by atoms with van der Waals surface area (Å²) in [6, 6.07) is 9.44. The average molecular weight is 234 g/mol. The molecule has 17 heavy (non-hydrogen) atoms. The Labute approximate surface area is 104 Å². The molecule has 1 aliphatic rings. The summed E-state index contributed by atoms with van der Waals surface area (Å²) >= 11 is 0. The van der Waals surface area contributed by atoms with Gasteiger partial charge in [-0.05, 0) is 38.4 Å². The van der Waals surface area contributed by atoms with Crippen LogP contribution in [-0.2, 0) is 0 Å². The van der Waals surface area contributed by atoms with Crippen LogP contribution in [0.2, 0.25) is 0 Å². The van der Waals surface area contributed by atoms with Crippen LogP contribution in [0.1, 0.15) is 19.8 Å². The summed E-state index contributed by atoms with van der Waals surface area (Å²) in [5.41, 5.74) is 1.19. The van der Waals surface area contributed by atoms with Gasteiger partial charge in [0.05, 0.1) is 12.8 Å². The molecule has 94 valence electrons. The number of para-hydroxylation sites is 2. The van der Waals surface area contributed by atoms with Crippen molar-refractivity contribution in [1.29, 1.82) is 0 Å². The van der Waals surface area contributed by atoms with E-state index in [2.05, 4.69) is 36.3 Å². The van der Waals surface area contributed by atoms with Crippen molar-refractivity contribution in [3.05, 3.63) is 24.3 Å². The largest absolute Gasteiger partial charge is 0.495 e. The van der Waals surface area contributed by atoms with Crippen LogP contribution in [0.25, 0.3) is 0 Å². The molecule has 1 aromatic carbocycles. The molecule has 0 amide bonds. The third-order valence-corrected chi connectivity index (χ3v) is 3.61. The summed E-state index contributed by atoms with van der Waals surface area (Å²) in [7, 11) is 3.90. The maximum Gasteiger partial charge on any atom is 0.142 e. The number of hydrogen-bond acceptors (Lipinski definition) is 3. The van der Waals surface area contributed by atoms with Crippen LogP contribution in [0.4, 0.5) is 5.69 Å². The third-order valence-electron chi connectivity index (χ3n) is 3.61. The Morgan fingerprint density at radius 2 is 2.12 bits per heavy atom. The fraction of sp³-hybridized carbons (Fsp3) is 0.571. The van der Waals surface area contributed by atoms with Crippen LogP contribution in [0.5, 0.6) is 5.75 Å². The molecule has 3 heteroatoms. The van der Waals surface area contributed by atoms with Gasteiger partial charge in [-0.3, -0.25) is 0 Å². The quantitative estimate of drug-likeness (QED) is 0.868. The van der Waals surface area contributed by atoms with E-state index in [1.807, 2.05) is 12.1 Å². The van der Waals surface area contributed by atoms with E-state index in [0.717, 1.165) is 12.3 Å². The van der Waals surface area contributed by atoms with Crippen molar-refractivity contribution >= 4 is 5.69 Å². The van der Waals surface area contributed by atoms with Crippen molar-refractivity contribution in [2.24, 2.45) is 0 Å². The minimum atomic E-state index is 0.600. The molecule has 1 aliphatic heterocycles. The van der Waals surface area contributed by atoms with Gasteiger partial charge in [0.25, 0.3) is 0 Å². The number of benzene rings is 1. The van der Waals surface area contributed by atoms with Crippen LogP contribution in [-0.4, -0.2) is 32.8 Å². The zero-order valence-electron chi connectivity index (χ0n) is 10.9. The van der Waals surface area contributed by atoms with Gasteiger partial charge in [-0.15, -0.1) is 0 Å². The summed E-state index contributed by atoms with van der Waals surface area (Å²) in [6.07, 6.45) is 2.38. The van der Waals surface area contributed by atoms with E-state index in [4.69, 9.17) is 4.74 Å². The second-order valence-electron chi connectivity index (χ2n) is 4.82. The average Bonchev–Trinajstić information content (AvgIpc) is 2.38. The zero-order chi connectivity index (χ0) is 12.3. The Kier molecular flexibility index (Phi) is 3.89. The molecule has 0 aromatic heterocycles. The topological polar surface area (TPSA) is 24.5 Å². The van der Waals surface area contributed by atoms with E-state index in [0.29, 0.717) is 12.1 Å². The fourth-order valence-corrected chi connectivity index (χ4v) is 2.58. The minimum Gasteiger partial charge on any atom is -0.495 e. The van der Waals surface area contributed by atoms with Gasteiger partial charge in [-0.2, -0.15) is 0 Å². The molecule has 1 saturated heterocycles. The summed E-state index contributed by atoms with van der Waals surface area (Å²) in [5, 5.41) is 3.49. The SMILES string of the molecule is COc1ccccc1N(C)C1CCNC(C)C1. The maximum atomic E-state index is 5.43. The van der Waals surface area contributed by atoms with Crippen LogP contribution in [0.3, 0.4) is 0 Å². The van der Waals surface area contributed by atoms with Crippen LogP contribution in [0, 0.1) is 0 Å².